The van der Waals surface area contributed by atoms with Crippen LogP contribution in [0.3, 0.4) is 0 Å². The molecule has 0 aliphatic rings. The summed E-state index contributed by atoms with van der Waals surface area (Å²) in [5, 5.41) is 9.58. The molecule has 1 aromatic heterocycles. The van der Waals surface area contributed by atoms with Crippen molar-refractivity contribution in [1.29, 1.82) is 0 Å². The van der Waals surface area contributed by atoms with Gasteiger partial charge in [-0.15, -0.1) is 0 Å². The Bertz CT molecular complexity index is 462. The highest BCUT2D eigenvalue weighted by atomic mass is 32.1. The molecule has 0 saturated heterocycles. The molecule has 0 aliphatic carbocycles. The highest BCUT2D eigenvalue weighted by molar-refractivity contribution is 7.09. The molecule has 0 aliphatic heterocycles. The summed E-state index contributed by atoms with van der Waals surface area (Å²) >= 11 is 1.62. The Hall–Kier alpha value is -1.19. The van der Waals surface area contributed by atoms with Gasteiger partial charge in [0.05, 0.1) is 6.10 Å². The number of rotatable bonds is 3. The van der Waals surface area contributed by atoms with Gasteiger partial charge in [0.25, 0.3) is 0 Å². The van der Waals surface area contributed by atoms with Gasteiger partial charge in [0.2, 0.25) is 5.51 Å². The summed E-state index contributed by atoms with van der Waals surface area (Å²) in [4.78, 5) is 1.05. The van der Waals surface area contributed by atoms with Crippen molar-refractivity contribution in [3.8, 4) is 0 Å². The Kier molecular flexibility index (Phi) is 3.36. The minimum absolute atomic E-state index is 0.373. The molecule has 0 fully saturated rings. The second-order valence-corrected chi connectivity index (χ2v) is 4.85. The zero-order valence-corrected chi connectivity index (χ0v) is 10.4. The molecule has 0 amide bonds. The van der Waals surface area contributed by atoms with E-state index in [0.29, 0.717) is 0 Å². The summed E-state index contributed by atoms with van der Waals surface area (Å²) < 4.78 is 2.18. The first-order chi connectivity index (χ1) is 7.68. The first-order valence-electron chi connectivity index (χ1n) is 5.38. The Morgan fingerprint density at radius 3 is 2.56 bits per heavy atom. The van der Waals surface area contributed by atoms with Crippen molar-refractivity contribution in [3.63, 3.8) is 0 Å². The zero-order valence-electron chi connectivity index (χ0n) is 9.55. The van der Waals surface area contributed by atoms with E-state index in [9.17, 15) is 5.11 Å². The van der Waals surface area contributed by atoms with Crippen molar-refractivity contribution < 1.29 is 9.67 Å². The molecule has 2 rings (SSSR count). The van der Waals surface area contributed by atoms with Crippen LogP contribution in [0, 0.1) is 6.92 Å². The highest BCUT2D eigenvalue weighted by Gasteiger charge is 2.18. The predicted octanol–water partition coefficient (Wildman–Crippen LogP) is 2.45. The van der Waals surface area contributed by atoms with Crippen LogP contribution in [0.1, 0.15) is 29.2 Å². The van der Waals surface area contributed by atoms with Crippen molar-refractivity contribution >= 4 is 11.3 Å². The van der Waals surface area contributed by atoms with Gasteiger partial charge in [-0.2, -0.15) is 4.57 Å². The average molecular weight is 234 g/mol. The lowest BCUT2D eigenvalue weighted by molar-refractivity contribution is -0.689. The summed E-state index contributed by atoms with van der Waals surface area (Å²) in [6.45, 7) is 4.74. The fourth-order valence-corrected chi connectivity index (χ4v) is 2.72. The quantitative estimate of drug-likeness (QED) is 0.810. The minimum atomic E-state index is -0.373. The third-order valence-electron chi connectivity index (χ3n) is 2.67. The number of thiazole rings is 1. The van der Waals surface area contributed by atoms with E-state index in [4.69, 9.17) is 0 Å². The molecular formula is C13H16NOS+. The number of hydrogen-bond acceptors (Lipinski definition) is 2. The molecule has 16 heavy (non-hydrogen) atoms. The molecule has 2 nitrogen and oxygen atoms in total. The summed E-state index contributed by atoms with van der Waals surface area (Å²) in [5.41, 5.74) is 4.51. The van der Waals surface area contributed by atoms with Gasteiger partial charge < -0.3 is 5.11 Å². The number of hydrogen-bond donors (Lipinski definition) is 1. The van der Waals surface area contributed by atoms with E-state index in [-0.39, 0.29) is 6.10 Å². The number of benzene rings is 1. The van der Waals surface area contributed by atoms with Crippen LogP contribution in [-0.4, -0.2) is 5.11 Å². The maximum atomic E-state index is 9.58. The number of aliphatic hydroxyl groups is 1. The highest BCUT2D eigenvalue weighted by Crippen LogP contribution is 2.19. The third-order valence-corrected chi connectivity index (χ3v) is 3.92. The molecule has 1 unspecified atom stereocenters. The SMILES string of the molecule is Cc1c(C(C)O)sc[n+]1Cc1ccccc1. The lowest BCUT2D eigenvalue weighted by atomic mass is 10.2. The molecule has 2 aromatic rings. The van der Waals surface area contributed by atoms with Gasteiger partial charge in [0.15, 0.2) is 12.2 Å². The standard InChI is InChI=1S/C13H16NOS/c1-10-13(11(2)15)16-9-14(10)8-12-6-4-3-5-7-12/h3-7,9,11,15H,8H2,1-2H3/q+1. The van der Waals surface area contributed by atoms with Crippen LogP contribution in [0.2, 0.25) is 0 Å². The lowest BCUT2D eigenvalue weighted by Crippen LogP contribution is -2.35. The van der Waals surface area contributed by atoms with E-state index >= 15 is 0 Å². The first kappa shape index (κ1) is 11.3. The molecule has 1 aromatic carbocycles. The maximum Gasteiger partial charge on any atom is 0.225 e. The van der Waals surface area contributed by atoms with E-state index < -0.39 is 0 Å². The predicted molar refractivity (Wildman–Crippen MR) is 65.4 cm³/mol. The molecule has 0 radical (unpaired) electrons. The fraction of sp³-hybridized carbons (Fsp3) is 0.308. The molecule has 1 atom stereocenters. The van der Waals surface area contributed by atoms with E-state index in [1.54, 1.807) is 11.3 Å². The van der Waals surface area contributed by atoms with Crippen molar-refractivity contribution in [2.45, 2.75) is 26.5 Å². The largest absolute Gasteiger partial charge is 0.388 e. The smallest absolute Gasteiger partial charge is 0.225 e. The number of aromatic nitrogens is 1. The van der Waals surface area contributed by atoms with Crippen LogP contribution in [0.25, 0.3) is 0 Å². The molecular weight excluding hydrogens is 218 g/mol. The van der Waals surface area contributed by atoms with Crippen LogP contribution in [-0.2, 0) is 6.54 Å². The Balaban J connectivity index is 2.23. The van der Waals surface area contributed by atoms with Crippen LogP contribution >= 0.6 is 11.3 Å². The molecule has 3 heteroatoms. The second-order valence-electron chi connectivity index (χ2n) is 3.96. The Morgan fingerprint density at radius 2 is 2.00 bits per heavy atom. The third kappa shape index (κ3) is 2.31. The molecule has 0 saturated carbocycles. The van der Waals surface area contributed by atoms with Gasteiger partial charge in [-0.25, -0.2) is 0 Å². The Labute approximate surface area is 99.8 Å². The summed E-state index contributed by atoms with van der Waals surface area (Å²) in [6.07, 6.45) is -0.373. The topological polar surface area (TPSA) is 24.1 Å². The van der Waals surface area contributed by atoms with Crippen molar-refractivity contribution in [2.24, 2.45) is 0 Å². The normalized spacial score (nSPS) is 12.7. The van der Waals surface area contributed by atoms with Gasteiger partial charge in [-0.3, -0.25) is 0 Å². The van der Waals surface area contributed by atoms with E-state index in [0.717, 1.165) is 17.1 Å². The number of aliphatic hydroxyl groups excluding tert-OH is 1. The van der Waals surface area contributed by atoms with Crippen LogP contribution in [0.15, 0.2) is 35.8 Å². The van der Waals surface area contributed by atoms with Gasteiger partial charge in [-0.05, 0) is 6.92 Å². The molecule has 84 valence electrons. The van der Waals surface area contributed by atoms with Crippen LogP contribution in [0.4, 0.5) is 0 Å². The fourth-order valence-electron chi connectivity index (χ4n) is 1.76. The van der Waals surface area contributed by atoms with Crippen molar-refractivity contribution in [1.82, 2.24) is 0 Å². The van der Waals surface area contributed by atoms with E-state index in [1.165, 1.54) is 5.56 Å². The summed E-state index contributed by atoms with van der Waals surface area (Å²) in [7, 11) is 0. The van der Waals surface area contributed by atoms with Gasteiger partial charge in [-0.1, -0.05) is 41.7 Å². The van der Waals surface area contributed by atoms with E-state index in [2.05, 4.69) is 29.1 Å². The van der Waals surface area contributed by atoms with Crippen molar-refractivity contribution in [2.75, 3.05) is 0 Å². The second kappa shape index (κ2) is 4.76. The van der Waals surface area contributed by atoms with Gasteiger partial charge in [0, 0.05) is 12.5 Å². The summed E-state index contributed by atoms with van der Waals surface area (Å²) in [6, 6.07) is 10.4. The Morgan fingerprint density at radius 1 is 1.31 bits per heavy atom. The van der Waals surface area contributed by atoms with Crippen LogP contribution in [0.5, 0.6) is 0 Å². The molecule has 1 heterocycles. The maximum absolute atomic E-state index is 9.58. The zero-order chi connectivity index (χ0) is 11.5. The summed E-state index contributed by atoms with van der Waals surface area (Å²) in [5.74, 6) is 0. The molecule has 0 spiro atoms. The molecule has 1 N–H and O–H groups in total. The van der Waals surface area contributed by atoms with Crippen LogP contribution < -0.4 is 4.57 Å². The molecule has 0 bridgehead atoms. The number of nitrogens with zero attached hydrogens (tertiary/aromatic N) is 1. The van der Waals surface area contributed by atoms with Gasteiger partial charge >= 0.3 is 0 Å². The first-order valence-corrected chi connectivity index (χ1v) is 6.26. The van der Waals surface area contributed by atoms with Crippen molar-refractivity contribution in [3.05, 3.63) is 52.0 Å². The average Bonchev–Trinajstić information content (AvgIpc) is 2.62. The van der Waals surface area contributed by atoms with E-state index in [1.807, 2.05) is 25.1 Å². The minimum Gasteiger partial charge on any atom is -0.388 e. The monoisotopic (exact) mass is 234 g/mol. The van der Waals surface area contributed by atoms with Gasteiger partial charge in [0.1, 0.15) is 4.88 Å². The lowest BCUT2D eigenvalue weighted by Gasteiger charge is -1.99.